The van der Waals surface area contributed by atoms with Crippen LogP contribution in [0.25, 0.3) is 0 Å². The van der Waals surface area contributed by atoms with Gasteiger partial charge in [0.25, 0.3) is 0 Å². The van der Waals surface area contributed by atoms with E-state index < -0.39 is 12.0 Å². The first-order valence-corrected chi connectivity index (χ1v) is 6.75. The van der Waals surface area contributed by atoms with E-state index in [0.29, 0.717) is 21.4 Å². The molecular weight excluding hydrogens is 309 g/mol. The third-order valence-corrected chi connectivity index (χ3v) is 3.75. The molecule has 2 rings (SSSR count). The van der Waals surface area contributed by atoms with Gasteiger partial charge in [0.2, 0.25) is 0 Å². The van der Waals surface area contributed by atoms with Crippen molar-refractivity contribution in [2.45, 2.75) is 12.0 Å². The number of benzene rings is 1. The van der Waals surface area contributed by atoms with Crippen LogP contribution in [0.2, 0.25) is 15.3 Å². The van der Waals surface area contributed by atoms with E-state index in [1.54, 1.807) is 30.3 Å². The standard InChI is InChI=1S/C13H12Cl3NO2/c14-8-2-1-3-9(15)12(8)7(6-17)13(18)10-4-5-11(16)19-10/h1-5,7,13,18H,6,17H2. The number of aliphatic hydroxyl groups excluding tert-OH is 1. The van der Waals surface area contributed by atoms with Crippen LogP contribution < -0.4 is 5.73 Å². The third-order valence-electron chi connectivity index (χ3n) is 2.89. The molecule has 0 aliphatic rings. The molecule has 0 radical (unpaired) electrons. The molecule has 102 valence electrons. The smallest absolute Gasteiger partial charge is 0.193 e. The lowest BCUT2D eigenvalue weighted by Gasteiger charge is -2.22. The van der Waals surface area contributed by atoms with Crippen LogP contribution in [-0.2, 0) is 0 Å². The van der Waals surface area contributed by atoms with Crippen LogP contribution in [-0.4, -0.2) is 11.7 Å². The van der Waals surface area contributed by atoms with Crippen molar-refractivity contribution in [3.05, 3.63) is 56.9 Å². The van der Waals surface area contributed by atoms with E-state index in [4.69, 9.17) is 45.0 Å². The number of aliphatic hydroxyl groups is 1. The first kappa shape index (κ1) is 14.7. The van der Waals surface area contributed by atoms with Crippen molar-refractivity contribution in [1.82, 2.24) is 0 Å². The van der Waals surface area contributed by atoms with Gasteiger partial charge in [-0.05, 0) is 41.4 Å². The van der Waals surface area contributed by atoms with E-state index in [0.717, 1.165) is 0 Å². The summed E-state index contributed by atoms with van der Waals surface area (Å²) in [6.45, 7) is 0.170. The zero-order chi connectivity index (χ0) is 14.0. The van der Waals surface area contributed by atoms with Gasteiger partial charge < -0.3 is 15.3 Å². The van der Waals surface area contributed by atoms with Gasteiger partial charge in [0.1, 0.15) is 11.9 Å². The van der Waals surface area contributed by atoms with Gasteiger partial charge in [-0.1, -0.05) is 29.3 Å². The second-order valence-electron chi connectivity index (χ2n) is 4.06. The zero-order valence-electron chi connectivity index (χ0n) is 9.82. The van der Waals surface area contributed by atoms with Crippen LogP contribution in [0.1, 0.15) is 23.3 Å². The second kappa shape index (κ2) is 6.16. The number of furan rings is 1. The van der Waals surface area contributed by atoms with E-state index in [1.165, 1.54) is 0 Å². The van der Waals surface area contributed by atoms with Crippen molar-refractivity contribution in [1.29, 1.82) is 0 Å². The van der Waals surface area contributed by atoms with Gasteiger partial charge in [-0.15, -0.1) is 0 Å². The molecule has 0 saturated carbocycles. The molecule has 0 saturated heterocycles. The lowest BCUT2D eigenvalue weighted by molar-refractivity contribution is 0.122. The summed E-state index contributed by atoms with van der Waals surface area (Å²) < 4.78 is 5.20. The highest BCUT2D eigenvalue weighted by Gasteiger charge is 2.27. The summed E-state index contributed by atoms with van der Waals surface area (Å²) in [5, 5.41) is 11.5. The topological polar surface area (TPSA) is 59.4 Å². The number of hydrogen-bond donors (Lipinski definition) is 2. The maximum absolute atomic E-state index is 10.3. The summed E-state index contributed by atoms with van der Waals surface area (Å²) in [5.41, 5.74) is 6.34. The van der Waals surface area contributed by atoms with E-state index in [2.05, 4.69) is 0 Å². The number of halogens is 3. The van der Waals surface area contributed by atoms with Gasteiger partial charge in [0.05, 0.1) is 0 Å². The first-order valence-electron chi connectivity index (χ1n) is 5.62. The van der Waals surface area contributed by atoms with E-state index in [1.807, 2.05) is 0 Å². The Labute approximate surface area is 125 Å². The summed E-state index contributed by atoms with van der Waals surface area (Å²) in [7, 11) is 0. The molecule has 6 heteroatoms. The average Bonchev–Trinajstić information content (AvgIpc) is 2.80. The molecule has 0 bridgehead atoms. The predicted octanol–water partition coefficient (Wildman–Crippen LogP) is 4.02. The van der Waals surface area contributed by atoms with Gasteiger partial charge >= 0.3 is 0 Å². The van der Waals surface area contributed by atoms with Crippen LogP contribution in [0.15, 0.2) is 34.7 Å². The molecule has 0 aliphatic heterocycles. The molecule has 0 aliphatic carbocycles. The average molecular weight is 321 g/mol. The summed E-state index contributed by atoms with van der Waals surface area (Å²) in [5.74, 6) is -0.139. The second-order valence-corrected chi connectivity index (χ2v) is 5.25. The van der Waals surface area contributed by atoms with Crippen LogP contribution >= 0.6 is 34.8 Å². The highest BCUT2D eigenvalue weighted by molar-refractivity contribution is 6.36. The molecule has 1 heterocycles. The van der Waals surface area contributed by atoms with Crippen LogP contribution in [0, 0.1) is 0 Å². The van der Waals surface area contributed by atoms with Gasteiger partial charge in [0.15, 0.2) is 5.22 Å². The molecule has 2 unspecified atom stereocenters. The normalized spacial score (nSPS) is 14.4. The summed E-state index contributed by atoms with van der Waals surface area (Å²) >= 11 is 18.0. The Kier molecular flexibility index (Phi) is 4.76. The molecule has 0 fully saturated rings. The Morgan fingerprint density at radius 1 is 1.11 bits per heavy atom. The first-order chi connectivity index (χ1) is 9.04. The van der Waals surface area contributed by atoms with Gasteiger partial charge in [-0.25, -0.2) is 0 Å². The Bertz CT molecular complexity index is 551. The van der Waals surface area contributed by atoms with Crippen molar-refractivity contribution >= 4 is 34.8 Å². The summed E-state index contributed by atoms with van der Waals surface area (Å²) in [6.07, 6.45) is -0.963. The minimum absolute atomic E-state index is 0.170. The fourth-order valence-electron chi connectivity index (χ4n) is 1.96. The van der Waals surface area contributed by atoms with Crippen LogP contribution in [0.4, 0.5) is 0 Å². The molecule has 0 amide bonds. The molecule has 1 aromatic carbocycles. The van der Waals surface area contributed by atoms with Gasteiger partial charge in [-0.2, -0.15) is 0 Å². The minimum Gasteiger partial charge on any atom is -0.447 e. The summed E-state index contributed by atoms with van der Waals surface area (Å²) in [4.78, 5) is 0. The van der Waals surface area contributed by atoms with Crippen LogP contribution in [0.5, 0.6) is 0 Å². The van der Waals surface area contributed by atoms with Gasteiger partial charge in [-0.3, -0.25) is 0 Å². The maximum Gasteiger partial charge on any atom is 0.193 e. The number of rotatable bonds is 4. The van der Waals surface area contributed by atoms with Crippen molar-refractivity contribution < 1.29 is 9.52 Å². The quantitative estimate of drug-likeness (QED) is 0.894. The van der Waals surface area contributed by atoms with Crippen molar-refractivity contribution in [2.75, 3.05) is 6.54 Å². The molecule has 19 heavy (non-hydrogen) atoms. The SMILES string of the molecule is NCC(c1c(Cl)cccc1Cl)C(O)c1ccc(Cl)o1. The van der Waals surface area contributed by atoms with Crippen molar-refractivity contribution in [2.24, 2.45) is 5.73 Å². The highest BCUT2D eigenvalue weighted by atomic mass is 35.5. The van der Waals surface area contributed by atoms with Gasteiger partial charge in [0, 0.05) is 22.5 Å². The van der Waals surface area contributed by atoms with E-state index in [-0.39, 0.29) is 11.8 Å². The number of nitrogens with two attached hydrogens (primary N) is 1. The lowest BCUT2D eigenvalue weighted by Crippen LogP contribution is -2.20. The molecular formula is C13H12Cl3NO2. The Morgan fingerprint density at radius 3 is 2.21 bits per heavy atom. The fourth-order valence-corrected chi connectivity index (χ4v) is 2.78. The Balaban J connectivity index is 2.39. The molecule has 0 spiro atoms. The number of hydrogen-bond acceptors (Lipinski definition) is 3. The highest BCUT2D eigenvalue weighted by Crippen LogP contribution is 2.39. The third kappa shape index (κ3) is 3.07. The maximum atomic E-state index is 10.3. The molecule has 3 nitrogen and oxygen atoms in total. The lowest BCUT2D eigenvalue weighted by atomic mass is 9.92. The molecule has 1 aromatic heterocycles. The largest absolute Gasteiger partial charge is 0.447 e. The van der Waals surface area contributed by atoms with Crippen molar-refractivity contribution in [3.63, 3.8) is 0 Å². The van der Waals surface area contributed by atoms with Crippen LogP contribution in [0.3, 0.4) is 0 Å². The molecule has 2 atom stereocenters. The summed E-state index contributed by atoms with van der Waals surface area (Å²) in [6, 6.07) is 8.29. The molecule has 3 N–H and O–H groups in total. The van der Waals surface area contributed by atoms with E-state index >= 15 is 0 Å². The molecule has 2 aromatic rings. The fraction of sp³-hybridized carbons (Fsp3) is 0.231. The van der Waals surface area contributed by atoms with E-state index in [9.17, 15) is 5.11 Å². The minimum atomic E-state index is -0.963. The zero-order valence-corrected chi connectivity index (χ0v) is 12.1. The van der Waals surface area contributed by atoms with Crippen molar-refractivity contribution in [3.8, 4) is 0 Å². The Morgan fingerprint density at radius 2 is 1.74 bits per heavy atom. The Hall–Kier alpha value is -0.710. The monoisotopic (exact) mass is 319 g/mol. The predicted molar refractivity (Wildman–Crippen MR) is 76.9 cm³/mol.